The van der Waals surface area contributed by atoms with E-state index in [9.17, 15) is 8.42 Å². The first kappa shape index (κ1) is 19.5. The maximum atomic E-state index is 12.5. The first-order chi connectivity index (χ1) is 12.2. The van der Waals surface area contributed by atoms with E-state index in [-0.39, 0.29) is 10.7 Å². The highest BCUT2D eigenvalue weighted by molar-refractivity contribution is 9.10. The molecule has 0 aliphatic carbocycles. The summed E-state index contributed by atoms with van der Waals surface area (Å²) in [6.07, 6.45) is 1.67. The van der Waals surface area contributed by atoms with E-state index in [0.29, 0.717) is 26.1 Å². The zero-order valence-corrected chi connectivity index (χ0v) is 17.6. The third kappa shape index (κ3) is 4.53. The Balaban J connectivity index is 1.81. The second-order valence-electron chi connectivity index (χ2n) is 5.33. The van der Waals surface area contributed by atoms with E-state index in [2.05, 4.69) is 25.8 Å². The molecule has 0 aliphatic rings. The molecule has 3 aromatic rings. The molecule has 0 saturated carbocycles. The monoisotopic (exact) mass is 493 g/mol. The van der Waals surface area contributed by atoms with Crippen molar-refractivity contribution in [2.75, 3.05) is 4.72 Å². The molecule has 5 nitrogen and oxygen atoms in total. The molecule has 0 unspecified atom stereocenters. The number of nitrogens with zero attached hydrogens (tertiary/aromatic N) is 2. The Kier molecular flexibility index (Phi) is 5.84. The van der Waals surface area contributed by atoms with Crippen molar-refractivity contribution in [2.24, 2.45) is 0 Å². The molecule has 0 aliphatic heterocycles. The molecule has 0 fully saturated rings. The Morgan fingerprint density at radius 2 is 1.73 bits per heavy atom. The number of nitrogens with one attached hydrogen (secondary N) is 1. The van der Waals surface area contributed by atoms with E-state index in [1.54, 1.807) is 23.0 Å². The van der Waals surface area contributed by atoms with Gasteiger partial charge in [-0.2, -0.15) is 5.10 Å². The SMILES string of the molecule is O=S(=O)(Nc1nn(Cc2ccc(Cl)c(Cl)c2)cc1Br)c1ccc(Cl)cc1. The first-order valence-electron chi connectivity index (χ1n) is 7.20. The molecule has 2 aromatic carbocycles. The van der Waals surface area contributed by atoms with Gasteiger partial charge in [-0.3, -0.25) is 9.40 Å². The average molecular weight is 496 g/mol. The molecule has 26 heavy (non-hydrogen) atoms. The summed E-state index contributed by atoms with van der Waals surface area (Å²) in [6.45, 7) is 0.401. The van der Waals surface area contributed by atoms with Gasteiger partial charge in [-0.25, -0.2) is 8.42 Å². The fourth-order valence-electron chi connectivity index (χ4n) is 2.17. The number of aromatic nitrogens is 2. The summed E-state index contributed by atoms with van der Waals surface area (Å²) < 4.78 is 29.5. The van der Waals surface area contributed by atoms with Crippen molar-refractivity contribution in [3.8, 4) is 0 Å². The van der Waals surface area contributed by atoms with Crippen LogP contribution in [0.3, 0.4) is 0 Å². The van der Waals surface area contributed by atoms with Gasteiger partial charge in [-0.15, -0.1) is 0 Å². The van der Waals surface area contributed by atoms with Crippen molar-refractivity contribution >= 4 is 66.6 Å². The molecule has 0 radical (unpaired) electrons. The lowest BCUT2D eigenvalue weighted by atomic mass is 10.2. The maximum Gasteiger partial charge on any atom is 0.263 e. The van der Waals surface area contributed by atoms with Gasteiger partial charge >= 0.3 is 0 Å². The predicted molar refractivity (Wildman–Crippen MR) is 108 cm³/mol. The van der Waals surface area contributed by atoms with Gasteiger partial charge in [-0.1, -0.05) is 40.9 Å². The molecule has 1 N–H and O–H groups in total. The lowest BCUT2D eigenvalue weighted by molar-refractivity contribution is 0.600. The molecule has 0 saturated heterocycles. The van der Waals surface area contributed by atoms with Crippen molar-refractivity contribution in [3.05, 3.63) is 73.8 Å². The minimum atomic E-state index is -3.78. The molecular weight excluding hydrogens is 485 g/mol. The number of anilines is 1. The highest BCUT2D eigenvalue weighted by atomic mass is 79.9. The molecule has 0 spiro atoms. The standard InChI is InChI=1S/C16H11BrCl3N3O2S/c17-13-9-23(8-10-1-6-14(19)15(20)7-10)21-16(13)22-26(24,25)12-4-2-11(18)3-5-12/h1-7,9H,8H2,(H,21,22). The van der Waals surface area contributed by atoms with Crippen LogP contribution in [0.5, 0.6) is 0 Å². The number of halogens is 4. The predicted octanol–water partition coefficient (Wildman–Crippen LogP) is 5.45. The largest absolute Gasteiger partial charge is 0.265 e. The quantitative estimate of drug-likeness (QED) is 0.512. The number of rotatable bonds is 5. The van der Waals surface area contributed by atoms with Crippen LogP contribution in [0, 0.1) is 0 Å². The highest BCUT2D eigenvalue weighted by Gasteiger charge is 2.18. The summed E-state index contributed by atoms with van der Waals surface area (Å²) in [5, 5.41) is 5.63. The summed E-state index contributed by atoms with van der Waals surface area (Å²) >= 11 is 21.0. The number of hydrogen-bond donors (Lipinski definition) is 1. The van der Waals surface area contributed by atoms with Crippen molar-refractivity contribution in [1.82, 2.24) is 9.78 Å². The van der Waals surface area contributed by atoms with E-state index in [1.165, 1.54) is 24.3 Å². The maximum absolute atomic E-state index is 12.5. The van der Waals surface area contributed by atoms with Gasteiger partial charge in [-0.05, 0) is 57.9 Å². The molecule has 10 heteroatoms. The molecule has 0 atom stereocenters. The zero-order valence-electron chi connectivity index (χ0n) is 13.0. The third-order valence-corrected chi connectivity index (χ3v) is 6.33. The van der Waals surface area contributed by atoms with Crippen LogP contribution in [-0.4, -0.2) is 18.2 Å². The van der Waals surface area contributed by atoms with E-state index < -0.39 is 10.0 Å². The van der Waals surface area contributed by atoms with Crippen molar-refractivity contribution in [3.63, 3.8) is 0 Å². The number of hydrogen-bond acceptors (Lipinski definition) is 3. The highest BCUT2D eigenvalue weighted by Crippen LogP contribution is 2.26. The first-order valence-corrected chi connectivity index (χ1v) is 10.6. The van der Waals surface area contributed by atoms with Crippen molar-refractivity contribution in [2.45, 2.75) is 11.4 Å². The van der Waals surface area contributed by atoms with Gasteiger partial charge in [0.15, 0.2) is 5.82 Å². The molecular formula is C16H11BrCl3N3O2S. The third-order valence-electron chi connectivity index (χ3n) is 3.40. The Morgan fingerprint density at radius 1 is 1.04 bits per heavy atom. The second-order valence-corrected chi connectivity index (χ2v) is 9.12. The fourth-order valence-corrected chi connectivity index (χ4v) is 4.18. The molecule has 0 amide bonds. The summed E-state index contributed by atoms with van der Waals surface area (Å²) in [7, 11) is -3.78. The van der Waals surface area contributed by atoms with Crippen LogP contribution in [0.4, 0.5) is 5.82 Å². The molecule has 136 valence electrons. The van der Waals surface area contributed by atoms with Crippen LogP contribution in [-0.2, 0) is 16.6 Å². The normalized spacial score (nSPS) is 11.5. The molecule has 1 heterocycles. The summed E-state index contributed by atoms with van der Waals surface area (Å²) in [4.78, 5) is 0.0906. The van der Waals surface area contributed by atoms with Crippen LogP contribution < -0.4 is 4.72 Å². The molecule has 0 bridgehead atoms. The zero-order chi connectivity index (χ0) is 18.9. The van der Waals surface area contributed by atoms with E-state index in [4.69, 9.17) is 34.8 Å². The van der Waals surface area contributed by atoms with Gasteiger partial charge in [0.05, 0.1) is 26.0 Å². The molecule has 3 rings (SSSR count). The van der Waals surface area contributed by atoms with Crippen LogP contribution in [0.15, 0.2) is 58.0 Å². The van der Waals surface area contributed by atoms with Gasteiger partial charge in [0.2, 0.25) is 0 Å². The van der Waals surface area contributed by atoms with Crippen LogP contribution in [0.2, 0.25) is 15.1 Å². The topological polar surface area (TPSA) is 64.0 Å². The lowest BCUT2D eigenvalue weighted by Crippen LogP contribution is -2.14. The van der Waals surface area contributed by atoms with E-state index in [0.717, 1.165) is 5.56 Å². The van der Waals surface area contributed by atoms with Crippen molar-refractivity contribution < 1.29 is 8.42 Å². The van der Waals surface area contributed by atoms with E-state index in [1.807, 2.05) is 6.07 Å². The summed E-state index contributed by atoms with van der Waals surface area (Å²) in [5.74, 6) is 0.181. The molecule has 1 aromatic heterocycles. The Labute approximate surface area is 174 Å². The Morgan fingerprint density at radius 3 is 2.38 bits per heavy atom. The average Bonchev–Trinajstić information content (AvgIpc) is 2.90. The Hall–Kier alpha value is -1.25. The van der Waals surface area contributed by atoms with Crippen LogP contribution >= 0.6 is 50.7 Å². The number of benzene rings is 2. The van der Waals surface area contributed by atoms with Gasteiger partial charge < -0.3 is 0 Å². The fraction of sp³-hybridized carbons (Fsp3) is 0.0625. The van der Waals surface area contributed by atoms with Crippen LogP contribution in [0.25, 0.3) is 0 Å². The smallest absolute Gasteiger partial charge is 0.263 e. The van der Waals surface area contributed by atoms with Gasteiger partial charge in [0.1, 0.15) is 0 Å². The minimum Gasteiger partial charge on any atom is -0.265 e. The van der Waals surface area contributed by atoms with Gasteiger partial charge in [0.25, 0.3) is 10.0 Å². The van der Waals surface area contributed by atoms with Gasteiger partial charge in [0, 0.05) is 11.2 Å². The summed E-state index contributed by atoms with van der Waals surface area (Å²) in [6, 6.07) is 11.1. The summed E-state index contributed by atoms with van der Waals surface area (Å²) in [5.41, 5.74) is 0.876. The van der Waals surface area contributed by atoms with E-state index >= 15 is 0 Å². The van der Waals surface area contributed by atoms with Crippen LogP contribution in [0.1, 0.15) is 5.56 Å². The lowest BCUT2D eigenvalue weighted by Gasteiger charge is -2.06. The number of sulfonamides is 1. The minimum absolute atomic E-state index is 0.0906. The Bertz CT molecular complexity index is 1050. The van der Waals surface area contributed by atoms with Crippen molar-refractivity contribution in [1.29, 1.82) is 0 Å². The second kappa shape index (κ2) is 7.78.